The molecule has 3 aromatic rings. The van der Waals surface area contributed by atoms with Gasteiger partial charge in [0, 0.05) is 38.5 Å². The van der Waals surface area contributed by atoms with Crippen LogP contribution in [0.2, 0.25) is 0 Å². The van der Waals surface area contributed by atoms with Crippen LogP contribution in [0.5, 0.6) is 0 Å². The first-order chi connectivity index (χ1) is 14.4. The first kappa shape index (κ1) is 19.9. The fourth-order valence-electron chi connectivity index (χ4n) is 3.35. The molecule has 2 amide bonds. The van der Waals surface area contributed by atoms with Gasteiger partial charge in [0.15, 0.2) is 11.7 Å². The summed E-state index contributed by atoms with van der Waals surface area (Å²) in [7, 11) is 1.83. The van der Waals surface area contributed by atoms with Gasteiger partial charge < -0.3 is 14.6 Å². The van der Waals surface area contributed by atoms with Gasteiger partial charge >= 0.3 is 0 Å². The van der Waals surface area contributed by atoms with Gasteiger partial charge in [0.25, 0.3) is 0 Å². The van der Waals surface area contributed by atoms with Crippen molar-refractivity contribution in [1.82, 2.24) is 19.7 Å². The highest BCUT2D eigenvalue weighted by molar-refractivity contribution is 5.95. The van der Waals surface area contributed by atoms with Crippen molar-refractivity contribution in [2.75, 3.05) is 18.4 Å². The number of aromatic nitrogens is 3. The van der Waals surface area contributed by atoms with Crippen molar-refractivity contribution in [2.45, 2.75) is 26.7 Å². The topological polar surface area (TPSA) is 93.3 Å². The van der Waals surface area contributed by atoms with Gasteiger partial charge in [0.05, 0.1) is 29.7 Å². The summed E-state index contributed by atoms with van der Waals surface area (Å²) < 4.78 is 7.48. The number of anilines is 1. The van der Waals surface area contributed by atoms with Crippen molar-refractivity contribution < 1.29 is 14.0 Å². The molecule has 0 radical (unpaired) electrons. The molecule has 4 rings (SSSR count). The third-order valence-electron chi connectivity index (χ3n) is 5.54. The van der Waals surface area contributed by atoms with Gasteiger partial charge in [-0.15, -0.1) is 0 Å². The van der Waals surface area contributed by atoms with Gasteiger partial charge in [-0.1, -0.05) is 29.8 Å². The fraction of sp³-hybridized carbons (Fsp3) is 0.364. The van der Waals surface area contributed by atoms with Gasteiger partial charge in [0.1, 0.15) is 0 Å². The van der Waals surface area contributed by atoms with Crippen LogP contribution in [-0.2, 0) is 23.1 Å². The normalized spacial score (nSPS) is 13.9. The summed E-state index contributed by atoms with van der Waals surface area (Å²) in [4.78, 5) is 30.7. The molecule has 2 aromatic heterocycles. The monoisotopic (exact) mass is 407 g/mol. The van der Waals surface area contributed by atoms with Crippen molar-refractivity contribution in [3.05, 3.63) is 53.8 Å². The number of rotatable bonds is 6. The molecule has 0 atom stereocenters. The summed E-state index contributed by atoms with van der Waals surface area (Å²) in [6.45, 7) is 4.80. The van der Waals surface area contributed by atoms with E-state index in [0.717, 1.165) is 11.3 Å². The Morgan fingerprint density at radius 2 is 1.90 bits per heavy atom. The van der Waals surface area contributed by atoms with Crippen LogP contribution in [0.25, 0.3) is 11.3 Å². The third-order valence-corrected chi connectivity index (χ3v) is 5.54. The second-order valence-corrected chi connectivity index (χ2v) is 7.74. The largest absolute Gasteiger partial charge is 0.441 e. The number of nitrogens with zero attached hydrogens (tertiary/aromatic N) is 4. The molecule has 0 saturated carbocycles. The number of carbonyl (C=O) groups excluding carboxylic acids is 2. The smallest absolute Gasteiger partial charge is 0.231 e. The Kier molecular flexibility index (Phi) is 5.39. The predicted molar refractivity (Wildman–Crippen MR) is 112 cm³/mol. The van der Waals surface area contributed by atoms with Crippen molar-refractivity contribution in [2.24, 2.45) is 13.0 Å². The average molecular weight is 407 g/mol. The number of likely N-dealkylation sites (tertiary alicyclic amines) is 1. The number of benzene rings is 1. The summed E-state index contributed by atoms with van der Waals surface area (Å²) in [6, 6.07) is 8.02. The van der Waals surface area contributed by atoms with Crippen LogP contribution in [-0.4, -0.2) is 44.6 Å². The quantitative estimate of drug-likeness (QED) is 0.678. The van der Waals surface area contributed by atoms with Crippen molar-refractivity contribution in [3.63, 3.8) is 0 Å². The van der Waals surface area contributed by atoms with E-state index in [1.807, 2.05) is 45.2 Å². The molecular formula is C22H25N5O3. The zero-order chi connectivity index (χ0) is 21.3. The Hall–Kier alpha value is -3.42. The maximum absolute atomic E-state index is 12.4. The summed E-state index contributed by atoms with van der Waals surface area (Å²) in [5.41, 5.74) is 3.75. The molecule has 0 bridgehead atoms. The molecular weight excluding hydrogens is 382 g/mol. The molecule has 156 valence electrons. The van der Waals surface area contributed by atoms with E-state index in [0.29, 0.717) is 43.3 Å². The second kappa shape index (κ2) is 8.14. The first-order valence-corrected chi connectivity index (χ1v) is 9.99. The van der Waals surface area contributed by atoms with Crippen molar-refractivity contribution in [3.8, 4) is 11.3 Å². The lowest BCUT2D eigenvalue weighted by Gasteiger charge is -2.38. The van der Waals surface area contributed by atoms with Crippen LogP contribution in [0.15, 0.2) is 41.1 Å². The number of amides is 2. The van der Waals surface area contributed by atoms with E-state index in [1.54, 1.807) is 22.0 Å². The predicted octanol–water partition coefficient (Wildman–Crippen LogP) is 2.72. The lowest BCUT2D eigenvalue weighted by molar-refractivity contribution is -0.141. The maximum atomic E-state index is 12.4. The molecule has 1 fully saturated rings. The standard InChI is InChI=1S/C22H25N5O3/c1-14-4-6-16(7-5-14)19-11-23-20(30-19)8-9-21(28)27-12-17(13-27)22(29)25-18-10-24-26(3)15(18)2/h4-7,10-11,17H,8-9,12-13H2,1-3H3,(H,25,29). The van der Waals surface area contributed by atoms with Gasteiger partial charge in [-0.05, 0) is 13.8 Å². The molecule has 0 aliphatic carbocycles. The number of nitrogens with one attached hydrogen (secondary N) is 1. The van der Waals surface area contributed by atoms with E-state index in [2.05, 4.69) is 15.4 Å². The fourth-order valence-corrected chi connectivity index (χ4v) is 3.35. The zero-order valence-corrected chi connectivity index (χ0v) is 17.4. The van der Waals surface area contributed by atoms with Crippen LogP contribution in [0, 0.1) is 19.8 Å². The van der Waals surface area contributed by atoms with E-state index in [1.165, 1.54) is 5.56 Å². The van der Waals surface area contributed by atoms with Crippen molar-refractivity contribution in [1.29, 1.82) is 0 Å². The molecule has 1 N–H and O–H groups in total. The summed E-state index contributed by atoms with van der Waals surface area (Å²) in [5, 5.41) is 7.00. The lowest BCUT2D eigenvalue weighted by atomic mass is 9.98. The highest BCUT2D eigenvalue weighted by Gasteiger charge is 2.35. The van der Waals surface area contributed by atoms with E-state index in [-0.39, 0.29) is 17.7 Å². The van der Waals surface area contributed by atoms with Crippen LogP contribution in [0.4, 0.5) is 5.69 Å². The number of hydrogen-bond donors (Lipinski definition) is 1. The highest BCUT2D eigenvalue weighted by atomic mass is 16.4. The van der Waals surface area contributed by atoms with E-state index < -0.39 is 0 Å². The summed E-state index contributed by atoms with van der Waals surface area (Å²) >= 11 is 0. The van der Waals surface area contributed by atoms with Crippen molar-refractivity contribution >= 4 is 17.5 Å². The number of hydrogen-bond acceptors (Lipinski definition) is 5. The van der Waals surface area contributed by atoms with Crippen LogP contribution < -0.4 is 5.32 Å². The molecule has 1 aromatic carbocycles. The Morgan fingerprint density at radius 1 is 1.17 bits per heavy atom. The molecule has 3 heterocycles. The molecule has 0 spiro atoms. The van der Waals surface area contributed by atoms with Gasteiger partial charge in [-0.2, -0.15) is 5.10 Å². The van der Waals surface area contributed by atoms with E-state index >= 15 is 0 Å². The highest BCUT2D eigenvalue weighted by Crippen LogP contribution is 2.23. The average Bonchev–Trinajstić information content (AvgIpc) is 3.28. The Balaban J connectivity index is 1.24. The number of aryl methyl sites for hydroxylation is 3. The van der Waals surface area contributed by atoms with Gasteiger partial charge in [0.2, 0.25) is 11.8 Å². The Bertz CT molecular complexity index is 1060. The van der Waals surface area contributed by atoms with Crippen LogP contribution in [0.3, 0.4) is 0 Å². The van der Waals surface area contributed by atoms with Gasteiger partial charge in [-0.25, -0.2) is 4.98 Å². The van der Waals surface area contributed by atoms with E-state index in [4.69, 9.17) is 4.42 Å². The molecule has 1 saturated heterocycles. The molecule has 1 aliphatic rings. The molecule has 8 heteroatoms. The lowest BCUT2D eigenvalue weighted by Crippen LogP contribution is -2.54. The van der Waals surface area contributed by atoms with Gasteiger partial charge in [-0.3, -0.25) is 14.3 Å². The Morgan fingerprint density at radius 3 is 2.57 bits per heavy atom. The number of carbonyl (C=O) groups is 2. The minimum absolute atomic E-state index is 0.00620. The zero-order valence-electron chi connectivity index (χ0n) is 17.4. The Labute approximate surface area is 174 Å². The minimum Gasteiger partial charge on any atom is -0.441 e. The molecule has 8 nitrogen and oxygen atoms in total. The summed E-state index contributed by atoms with van der Waals surface area (Å²) in [5.74, 6) is 0.977. The van der Waals surface area contributed by atoms with Crippen LogP contribution >= 0.6 is 0 Å². The van der Waals surface area contributed by atoms with E-state index in [9.17, 15) is 9.59 Å². The summed E-state index contributed by atoms with van der Waals surface area (Å²) in [6.07, 6.45) is 4.07. The number of oxazole rings is 1. The molecule has 30 heavy (non-hydrogen) atoms. The third kappa shape index (κ3) is 4.12. The second-order valence-electron chi connectivity index (χ2n) is 7.74. The molecule has 1 aliphatic heterocycles. The maximum Gasteiger partial charge on any atom is 0.231 e. The van der Waals surface area contributed by atoms with Crippen LogP contribution in [0.1, 0.15) is 23.6 Å². The molecule has 0 unspecified atom stereocenters. The first-order valence-electron chi connectivity index (χ1n) is 9.99. The minimum atomic E-state index is -0.191. The SMILES string of the molecule is Cc1ccc(-c2cnc(CCC(=O)N3CC(C(=O)Nc4cnn(C)c4C)C3)o2)cc1.